The molecular weight excluding hydrogens is 260 g/mol. The van der Waals surface area contributed by atoms with E-state index in [-0.39, 0.29) is 0 Å². The highest BCUT2D eigenvalue weighted by molar-refractivity contribution is 5.78. The maximum absolute atomic E-state index is 4.62. The first kappa shape index (κ1) is 14.4. The van der Waals surface area contributed by atoms with E-state index in [1.54, 1.807) is 0 Å². The molecule has 0 bridgehead atoms. The van der Waals surface area contributed by atoms with Gasteiger partial charge in [-0.25, -0.2) is 9.67 Å². The highest BCUT2D eigenvalue weighted by Gasteiger charge is 2.27. The average Bonchev–Trinajstić information content (AvgIpc) is 2.86. The Hall–Kier alpha value is -1.58. The molecule has 0 radical (unpaired) electrons. The molecule has 1 fully saturated rings. The number of fused-ring (bicyclic) bond motifs is 1. The normalized spacial score (nSPS) is 26.4. The van der Waals surface area contributed by atoms with Gasteiger partial charge in [0.05, 0.1) is 18.1 Å². The Bertz CT molecular complexity index is 606. The van der Waals surface area contributed by atoms with Crippen LogP contribution in [0.2, 0.25) is 0 Å². The summed E-state index contributed by atoms with van der Waals surface area (Å²) in [6.45, 7) is 8.98. The number of hydrogen-bond donors (Lipinski definition) is 1. The number of nitrogens with one attached hydrogen (secondary N) is 1. The van der Waals surface area contributed by atoms with Gasteiger partial charge in [-0.1, -0.05) is 20.3 Å². The monoisotopic (exact) mass is 286 g/mol. The fourth-order valence-electron chi connectivity index (χ4n) is 3.56. The minimum atomic E-state index is 0.340. The Kier molecular flexibility index (Phi) is 3.87. The molecule has 0 saturated heterocycles. The van der Waals surface area contributed by atoms with Gasteiger partial charge in [-0.15, -0.1) is 0 Å². The van der Waals surface area contributed by atoms with Crippen molar-refractivity contribution >= 4 is 16.7 Å². The van der Waals surface area contributed by atoms with Crippen LogP contribution in [0.3, 0.4) is 0 Å². The summed E-state index contributed by atoms with van der Waals surface area (Å²) in [6.07, 6.45) is 7.88. The lowest BCUT2D eigenvalue weighted by Gasteiger charge is -2.35. The van der Waals surface area contributed by atoms with Crippen LogP contribution in [0.4, 0.5) is 5.69 Å². The fraction of sp³-hybridized carbons (Fsp3) is 0.647. The first-order chi connectivity index (χ1) is 10.1. The second kappa shape index (κ2) is 5.66. The summed E-state index contributed by atoms with van der Waals surface area (Å²) in [6, 6.07) is 3.08. The second-order valence-electron chi connectivity index (χ2n) is 6.88. The van der Waals surface area contributed by atoms with Crippen LogP contribution in [0, 0.1) is 11.8 Å². The van der Waals surface area contributed by atoms with Gasteiger partial charge in [-0.05, 0) is 44.6 Å². The number of aromatic nitrogens is 3. The van der Waals surface area contributed by atoms with Crippen LogP contribution in [0.5, 0.6) is 0 Å². The molecule has 2 atom stereocenters. The zero-order valence-electron chi connectivity index (χ0n) is 13.5. The molecule has 0 amide bonds. The van der Waals surface area contributed by atoms with Crippen molar-refractivity contribution in [1.82, 2.24) is 14.8 Å². The summed E-state index contributed by atoms with van der Waals surface area (Å²) in [5.41, 5.74) is 2.09. The van der Waals surface area contributed by atoms with Crippen molar-refractivity contribution < 1.29 is 0 Å². The average molecular weight is 286 g/mol. The Morgan fingerprint density at radius 2 is 1.90 bits per heavy atom. The van der Waals surface area contributed by atoms with Crippen LogP contribution >= 0.6 is 0 Å². The van der Waals surface area contributed by atoms with Crippen molar-refractivity contribution in [2.24, 2.45) is 11.8 Å². The zero-order chi connectivity index (χ0) is 15.0. The van der Waals surface area contributed by atoms with Crippen LogP contribution in [0.25, 0.3) is 11.0 Å². The maximum Gasteiger partial charge on any atom is 0.158 e. The van der Waals surface area contributed by atoms with E-state index in [2.05, 4.69) is 49.2 Å². The third-order valence-corrected chi connectivity index (χ3v) is 4.80. The van der Waals surface area contributed by atoms with Crippen LogP contribution < -0.4 is 5.32 Å². The molecule has 1 aliphatic carbocycles. The number of anilines is 1. The van der Waals surface area contributed by atoms with Gasteiger partial charge in [0.1, 0.15) is 0 Å². The highest BCUT2D eigenvalue weighted by Crippen LogP contribution is 2.31. The van der Waals surface area contributed by atoms with Crippen molar-refractivity contribution in [2.75, 3.05) is 5.32 Å². The highest BCUT2D eigenvalue weighted by atomic mass is 15.3. The van der Waals surface area contributed by atoms with Crippen molar-refractivity contribution in [1.29, 1.82) is 0 Å². The molecule has 0 spiro atoms. The van der Waals surface area contributed by atoms with Crippen molar-refractivity contribution in [2.45, 2.75) is 59.0 Å². The molecule has 1 aliphatic rings. The van der Waals surface area contributed by atoms with Crippen LogP contribution in [0.15, 0.2) is 18.5 Å². The molecule has 1 saturated carbocycles. The molecule has 2 unspecified atom stereocenters. The Labute approximate surface area is 126 Å². The molecule has 4 nitrogen and oxygen atoms in total. The topological polar surface area (TPSA) is 42.7 Å². The van der Waals surface area contributed by atoms with Gasteiger partial charge in [0.15, 0.2) is 5.65 Å². The lowest BCUT2D eigenvalue weighted by molar-refractivity contribution is 0.268. The smallest absolute Gasteiger partial charge is 0.158 e. The first-order valence-electron chi connectivity index (χ1n) is 8.16. The molecule has 2 heterocycles. The van der Waals surface area contributed by atoms with Crippen LogP contribution in [-0.4, -0.2) is 20.8 Å². The summed E-state index contributed by atoms with van der Waals surface area (Å²) in [7, 11) is 0. The predicted molar refractivity (Wildman–Crippen MR) is 87.5 cm³/mol. The van der Waals surface area contributed by atoms with Crippen molar-refractivity contribution in [3.8, 4) is 0 Å². The van der Waals surface area contributed by atoms with E-state index in [0.29, 0.717) is 12.1 Å². The largest absolute Gasteiger partial charge is 0.381 e. The predicted octanol–water partition coefficient (Wildman–Crippen LogP) is 4.25. The van der Waals surface area contributed by atoms with E-state index in [4.69, 9.17) is 0 Å². The summed E-state index contributed by atoms with van der Waals surface area (Å²) < 4.78 is 1.98. The van der Waals surface area contributed by atoms with E-state index in [0.717, 1.165) is 28.6 Å². The van der Waals surface area contributed by atoms with Crippen LogP contribution in [0.1, 0.15) is 53.0 Å². The van der Waals surface area contributed by atoms with Gasteiger partial charge in [-0.3, -0.25) is 0 Å². The third-order valence-electron chi connectivity index (χ3n) is 4.80. The number of nitrogens with zero attached hydrogens (tertiary/aromatic N) is 3. The SMILES string of the molecule is CC1CCCC(C)C1Nc1cnc2c(cnn2C(C)C)c1. The van der Waals surface area contributed by atoms with Crippen LogP contribution in [-0.2, 0) is 0 Å². The van der Waals surface area contributed by atoms with Gasteiger partial charge in [0.25, 0.3) is 0 Å². The molecule has 0 aliphatic heterocycles. The minimum absolute atomic E-state index is 0.340. The minimum Gasteiger partial charge on any atom is -0.381 e. The van der Waals surface area contributed by atoms with Gasteiger partial charge in [0.2, 0.25) is 0 Å². The molecule has 21 heavy (non-hydrogen) atoms. The Morgan fingerprint density at radius 1 is 1.19 bits per heavy atom. The lowest BCUT2D eigenvalue weighted by Crippen LogP contribution is -2.37. The van der Waals surface area contributed by atoms with E-state index < -0.39 is 0 Å². The lowest BCUT2D eigenvalue weighted by atomic mass is 9.78. The zero-order valence-corrected chi connectivity index (χ0v) is 13.5. The molecule has 114 valence electrons. The third kappa shape index (κ3) is 2.76. The summed E-state index contributed by atoms with van der Waals surface area (Å²) in [4.78, 5) is 4.62. The van der Waals surface area contributed by atoms with Crippen molar-refractivity contribution in [3.63, 3.8) is 0 Å². The molecule has 1 N–H and O–H groups in total. The van der Waals surface area contributed by atoms with Crippen molar-refractivity contribution in [3.05, 3.63) is 18.5 Å². The Morgan fingerprint density at radius 3 is 2.57 bits per heavy atom. The Balaban J connectivity index is 1.84. The van der Waals surface area contributed by atoms with E-state index in [1.165, 1.54) is 19.3 Å². The number of hydrogen-bond acceptors (Lipinski definition) is 3. The summed E-state index contributed by atoms with van der Waals surface area (Å²) in [5.74, 6) is 1.45. The number of pyridine rings is 1. The fourth-order valence-corrected chi connectivity index (χ4v) is 3.56. The second-order valence-corrected chi connectivity index (χ2v) is 6.88. The molecule has 4 heteroatoms. The quantitative estimate of drug-likeness (QED) is 0.917. The molecule has 3 rings (SSSR count). The van der Waals surface area contributed by atoms with E-state index in [9.17, 15) is 0 Å². The van der Waals surface area contributed by atoms with Gasteiger partial charge in [0, 0.05) is 17.5 Å². The van der Waals surface area contributed by atoms with Gasteiger partial charge in [-0.2, -0.15) is 5.10 Å². The standard InChI is InChI=1S/C17H26N4/c1-11(2)21-17-14(9-19-21)8-15(10-18-17)20-16-12(3)6-5-7-13(16)4/h8-13,16,20H,5-7H2,1-4H3. The van der Waals surface area contributed by atoms with Gasteiger partial charge >= 0.3 is 0 Å². The van der Waals surface area contributed by atoms with E-state index >= 15 is 0 Å². The molecular formula is C17H26N4. The van der Waals surface area contributed by atoms with E-state index in [1.807, 2.05) is 17.1 Å². The molecule has 2 aromatic rings. The molecule has 0 aromatic carbocycles. The first-order valence-corrected chi connectivity index (χ1v) is 8.16. The summed E-state index contributed by atoms with van der Waals surface area (Å²) >= 11 is 0. The summed E-state index contributed by atoms with van der Waals surface area (Å²) in [5, 5.41) is 9.27. The van der Waals surface area contributed by atoms with Gasteiger partial charge < -0.3 is 5.32 Å². The number of rotatable bonds is 3. The maximum atomic E-state index is 4.62. The molecule has 2 aromatic heterocycles.